The van der Waals surface area contributed by atoms with Crippen LogP contribution >= 0.6 is 0 Å². The quantitative estimate of drug-likeness (QED) is 0.362. The van der Waals surface area contributed by atoms with Crippen LogP contribution in [0.1, 0.15) is 16.8 Å². The van der Waals surface area contributed by atoms with E-state index in [1.54, 1.807) is 55.6 Å². The van der Waals surface area contributed by atoms with Crippen molar-refractivity contribution in [2.45, 2.75) is 6.42 Å². The third-order valence-electron chi connectivity index (χ3n) is 8.46. The highest BCUT2D eigenvalue weighted by Crippen LogP contribution is 2.65. The molecule has 0 spiro atoms. The summed E-state index contributed by atoms with van der Waals surface area (Å²) in [7, 11) is 1.61. The molecular weight excluding hydrogens is 480 g/mol. The van der Waals surface area contributed by atoms with Crippen LogP contribution in [0.5, 0.6) is 17.2 Å². The normalized spacial score (nSPS) is 28.1. The molecule has 5 aliphatic rings. The van der Waals surface area contributed by atoms with Crippen LogP contribution < -0.4 is 19.7 Å². The predicted octanol–water partition coefficient (Wildman–Crippen LogP) is 5.30. The first-order chi connectivity index (χ1) is 18.5. The Morgan fingerprint density at radius 2 is 1.29 bits per heavy atom. The average Bonchev–Trinajstić information content (AvgIpc) is 3.73. The Morgan fingerprint density at radius 1 is 0.763 bits per heavy atom. The molecule has 0 unspecified atom stereocenters. The number of carbonyl (C=O) groups excluding carboxylic acids is 3. The average molecular weight is 507 g/mol. The Morgan fingerprint density at radius 3 is 1.84 bits per heavy atom. The van der Waals surface area contributed by atoms with Gasteiger partial charge in [0.25, 0.3) is 5.91 Å². The maximum Gasteiger partial charge on any atom is 0.255 e. The van der Waals surface area contributed by atoms with Crippen LogP contribution in [-0.4, -0.2) is 24.8 Å². The molecule has 1 N–H and O–H groups in total. The monoisotopic (exact) mass is 506 g/mol. The number of carbonyl (C=O) groups is 3. The number of benzene rings is 3. The minimum Gasteiger partial charge on any atom is -0.497 e. The summed E-state index contributed by atoms with van der Waals surface area (Å²) in [6.07, 6.45) is 5.47. The van der Waals surface area contributed by atoms with Crippen LogP contribution in [-0.2, 0) is 9.59 Å². The molecule has 8 rings (SSSR count). The summed E-state index contributed by atoms with van der Waals surface area (Å²) in [6.45, 7) is 0. The first-order valence-electron chi connectivity index (χ1n) is 12.9. The van der Waals surface area contributed by atoms with Gasteiger partial charge in [0.05, 0.1) is 24.6 Å². The number of nitrogens with one attached hydrogen (secondary N) is 1. The van der Waals surface area contributed by atoms with Crippen molar-refractivity contribution < 1.29 is 23.9 Å². The Hall–Kier alpha value is -4.39. The van der Waals surface area contributed by atoms with Crippen LogP contribution in [0.4, 0.5) is 11.4 Å². The number of anilines is 2. The van der Waals surface area contributed by atoms with E-state index in [0.29, 0.717) is 40.3 Å². The second-order valence-corrected chi connectivity index (χ2v) is 10.5. The van der Waals surface area contributed by atoms with E-state index in [2.05, 4.69) is 17.5 Å². The number of hydrogen-bond donors (Lipinski definition) is 1. The topological polar surface area (TPSA) is 84.9 Å². The van der Waals surface area contributed by atoms with Crippen LogP contribution in [0.25, 0.3) is 0 Å². The SMILES string of the molecule is COc1ccc(Oc2ccc(NC(=O)c3ccc(N4C(=O)[C@H]5[C@@H]6C=C[C@H]([C@@H]7C[C@H]67)[C@@H]5C4=O)cc3)cc2)cc1. The van der Waals surface area contributed by atoms with Gasteiger partial charge < -0.3 is 14.8 Å². The van der Waals surface area contributed by atoms with Gasteiger partial charge in [0.15, 0.2) is 0 Å². The van der Waals surface area contributed by atoms with Gasteiger partial charge in [-0.25, -0.2) is 0 Å². The zero-order valence-corrected chi connectivity index (χ0v) is 20.7. The summed E-state index contributed by atoms with van der Waals surface area (Å²) in [5.41, 5.74) is 1.59. The van der Waals surface area contributed by atoms with E-state index >= 15 is 0 Å². The van der Waals surface area contributed by atoms with Gasteiger partial charge in [-0.3, -0.25) is 19.3 Å². The minimum absolute atomic E-state index is 0.0983. The summed E-state index contributed by atoms with van der Waals surface area (Å²) in [6, 6.07) is 21.0. The number of rotatable bonds is 6. The Kier molecular flexibility index (Phi) is 5.15. The van der Waals surface area contributed by atoms with E-state index in [4.69, 9.17) is 9.47 Å². The van der Waals surface area contributed by atoms with Crippen molar-refractivity contribution >= 4 is 29.1 Å². The van der Waals surface area contributed by atoms with Gasteiger partial charge in [-0.1, -0.05) is 12.2 Å². The second kappa shape index (κ2) is 8.58. The first-order valence-corrected chi connectivity index (χ1v) is 12.9. The molecule has 7 nitrogen and oxygen atoms in total. The van der Waals surface area contributed by atoms with Gasteiger partial charge in [0.1, 0.15) is 17.2 Å². The highest BCUT2D eigenvalue weighted by atomic mass is 16.5. The van der Waals surface area contributed by atoms with Gasteiger partial charge in [0, 0.05) is 11.3 Å². The maximum absolute atomic E-state index is 13.3. The lowest BCUT2D eigenvalue weighted by Gasteiger charge is -2.37. The Bertz CT molecular complexity index is 1430. The molecule has 2 bridgehead atoms. The smallest absolute Gasteiger partial charge is 0.255 e. The molecule has 0 aromatic heterocycles. The Labute approximate surface area is 220 Å². The summed E-state index contributed by atoms with van der Waals surface area (Å²) in [4.78, 5) is 40.8. The molecule has 1 aliphatic heterocycles. The van der Waals surface area contributed by atoms with E-state index in [9.17, 15) is 14.4 Å². The van der Waals surface area contributed by atoms with Gasteiger partial charge in [-0.2, -0.15) is 0 Å². The summed E-state index contributed by atoms with van der Waals surface area (Å²) >= 11 is 0. The predicted molar refractivity (Wildman–Crippen MR) is 141 cm³/mol. The number of nitrogens with zero attached hydrogens (tertiary/aromatic N) is 1. The van der Waals surface area contributed by atoms with Crippen molar-refractivity contribution in [2.24, 2.45) is 35.5 Å². The summed E-state index contributed by atoms with van der Waals surface area (Å²) in [5.74, 6) is 2.63. The second-order valence-electron chi connectivity index (χ2n) is 10.5. The van der Waals surface area contributed by atoms with Crippen molar-refractivity contribution in [1.82, 2.24) is 0 Å². The molecule has 1 saturated heterocycles. The van der Waals surface area contributed by atoms with Crippen molar-refractivity contribution in [3.05, 3.63) is 90.5 Å². The van der Waals surface area contributed by atoms with Crippen molar-refractivity contribution in [3.63, 3.8) is 0 Å². The summed E-state index contributed by atoms with van der Waals surface area (Å²) < 4.78 is 11.0. The molecule has 2 saturated carbocycles. The molecule has 3 aromatic carbocycles. The number of amides is 3. The molecule has 3 aromatic rings. The number of methoxy groups -OCH3 is 1. The molecule has 1 heterocycles. The fraction of sp³-hybridized carbons (Fsp3) is 0.258. The minimum atomic E-state index is -0.282. The molecule has 3 amide bonds. The molecule has 0 radical (unpaired) electrons. The fourth-order valence-corrected chi connectivity index (χ4v) is 6.56. The van der Waals surface area contributed by atoms with Crippen LogP contribution in [0.15, 0.2) is 84.9 Å². The highest BCUT2D eigenvalue weighted by Gasteiger charge is 2.67. The number of hydrogen-bond acceptors (Lipinski definition) is 5. The van der Waals surface area contributed by atoms with Gasteiger partial charge >= 0.3 is 0 Å². The Balaban J connectivity index is 1.01. The lowest BCUT2D eigenvalue weighted by atomic mass is 9.63. The fourth-order valence-electron chi connectivity index (χ4n) is 6.56. The standard InChI is InChI=1S/C31H26N2O5/c1-37-20-10-12-22(13-11-20)38-21-8-4-18(5-9-21)32-29(34)17-2-6-19(7-3-17)33-30(35)27-23-14-15-24(26-16-25(23)26)28(27)31(33)36/h2-15,23-28H,16H2,1H3,(H,32,34)/t23-,24-,25-,26+,27+,28+/m1/s1. The van der Waals surface area contributed by atoms with E-state index in [-0.39, 0.29) is 41.4 Å². The van der Waals surface area contributed by atoms with Crippen LogP contribution in [0.3, 0.4) is 0 Å². The van der Waals surface area contributed by atoms with Crippen LogP contribution in [0.2, 0.25) is 0 Å². The third kappa shape index (κ3) is 3.61. The van der Waals surface area contributed by atoms with Crippen molar-refractivity contribution in [1.29, 1.82) is 0 Å². The van der Waals surface area contributed by atoms with Crippen LogP contribution in [0, 0.1) is 35.5 Å². The van der Waals surface area contributed by atoms with E-state index in [1.165, 1.54) is 4.90 Å². The number of ether oxygens (including phenoxy) is 2. The summed E-state index contributed by atoms with van der Waals surface area (Å²) in [5, 5.41) is 2.87. The molecule has 3 fully saturated rings. The van der Waals surface area contributed by atoms with Gasteiger partial charge in [0.2, 0.25) is 11.8 Å². The molecule has 4 aliphatic carbocycles. The third-order valence-corrected chi connectivity index (χ3v) is 8.46. The lowest BCUT2D eigenvalue weighted by Crippen LogP contribution is -2.40. The zero-order chi connectivity index (χ0) is 26.0. The molecule has 190 valence electrons. The molecular formula is C31H26N2O5. The van der Waals surface area contributed by atoms with Gasteiger partial charge in [-0.15, -0.1) is 0 Å². The van der Waals surface area contributed by atoms with Crippen molar-refractivity contribution in [3.8, 4) is 17.2 Å². The number of allylic oxidation sites excluding steroid dienone is 2. The van der Waals surface area contributed by atoms with E-state index in [0.717, 1.165) is 12.2 Å². The molecule has 38 heavy (non-hydrogen) atoms. The largest absolute Gasteiger partial charge is 0.497 e. The van der Waals surface area contributed by atoms with E-state index < -0.39 is 0 Å². The van der Waals surface area contributed by atoms with Gasteiger partial charge in [-0.05, 0) is 103 Å². The first kappa shape index (κ1) is 22.8. The number of imide groups is 1. The maximum atomic E-state index is 13.3. The van der Waals surface area contributed by atoms with E-state index in [1.807, 2.05) is 24.3 Å². The lowest BCUT2D eigenvalue weighted by molar-refractivity contribution is -0.124. The van der Waals surface area contributed by atoms with Crippen molar-refractivity contribution in [2.75, 3.05) is 17.3 Å². The zero-order valence-electron chi connectivity index (χ0n) is 20.7. The molecule has 6 atom stereocenters. The molecule has 7 heteroatoms. The highest BCUT2D eigenvalue weighted by molar-refractivity contribution is 6.22.